The van der Waals surface area contributed by atoms with Crippen LogP contribution in [-0.2, 0) is 15.0 Å². The number of fused-ring (bicyclic) bond motifs is 1. The predicted molar refractivity (Wildman–Crippen MR) is 101 cm³/mol. The zero-order valence-corrected chi connectivity index (χ0v) is 15.4. The molecule has 0 saturated heterocycles. The minimum Gasteiger partial charge on any atom is -0.324 e. The number of anilines is 2. The molecule has 25 heavy (non-hydrogen) atoms. The summed E-state index contributed by atoms with van der Waals surface area (Å²) in [5.41, 5.74) is 5.19. The molecular formula is C21H24N2O2. The van der Waals surface area contributed by atoms with Gasteiger partial charge in [0.1, 0.15) is 6.54 Å². The van der Waals surface area contributed by atoms with Crippen LogP contribution in [0.1, 0.15) is 36.1 Å². The van der Waals surface area contributed by atoms with Crippen LogP contribution >= 0.6 is 0 Å². The number of hydrogen-bond acceptors (Lipinski definition) is 2. The topological polar surface area (TPSA) is 49.4 Å². The molecule has 4 heteroatoms. The number of nitrogens with zero attached hydrogens (tertiary/aromatic N) is 1. The van der Waals surface area contributed by atoms with Crippen molar-refractivity contribution in [2.24, 2.45) is 0 Å². The van der Waals surface area contributed by atoms with Crippen molar-refractivity contribution in [2.75, 3.05) is 16.8 Å². The first-order chi connectivity index (χ1) is 11.7. The maximum absolute atomic E-state index is 12.9. The second-order valence-electron chi connectivity index (χ2n) is 7.40. The molecule has 1 heterocycles. The molecule has 1 N–H and O–H groups in total. The van der Waals surface area contributed by atoms with E-state index in [0.29, 0.717) is 0 Å². The van der Waals surface area contributed by atoms with E-state index in [1.54, 1.807) is 4.90 Å². The summed E-state index contributed by atoms with van der Waals surface area (Å²) in [5, 5.41) is 2.94. The Hall–Kier alpha value is -2.62. The van der Waals surface area contributed by atoms with Crippen molar-refractivity contribution in [2.45, 2.75) is 40.0 Å². The lowest BCUT2D eigenvalue weighted by atomic mass is 9.85. The molecule has 3 rings (SSSR count). The molecule has 1 aliphatic rings. The Bertz CT molecular complexity index is 868. The van der Waals surface area contributed by atoms with Crippen molar-refractivity contribution in [1.29, 1.82) is 0 Å². The third-order valence-electron chi connectivity index (χ3n) is 4.86. The molecule has 130 valence electrons. The maximum atomic E-state index is 12.9. The number of rotatable bonds is 3. The summed E-state index contributed by atoms with van der Waals surface area (Å²) in [6, 6.07) is 11.9. The zero-order valence-electron chi connectivity index (χ0n) is 15.4. The Morgan fingerprint density at radius 1 is 1.04 bits per heavy atom. The summed E-state index contributed by atoms with van der Waals surface area (Å²) in [6.07, 6.45) is 0. The molecule has 0 aliphatic carbocycles. The Labute approximate surface area is 148 Å². The van der Waals surface area contributed by atoms with Gasteiger partial charge in [0, 0.05) is 11.4 Å². The first-order valence-corrected chi connectivity index (χ1v) is 8.50. The van der Waals surface area contributed by atoms with Gasteiger partial charge in [-0.15, -0.1) is 0 Å². The van der Waals surface area contributed by atoms with E-state index >= 15 is 0 Å². The van der Waals surface area contributed by atoms with Gasteiger partial charge < -0.3 is 10.2 Å². The third-order valence-corrected chi connectivity index (χ3v) is 4.86. The van der Waals surface area contributed by atoms with E-state index < -0.39 is 5.41 Å². The first kappa shape index (κ1) is 17.2. The molecular weight excluding hydrogens is 312 g/mol. The molecule has 2 aromatic carbocycles. The van der Waals surface area contributed by atoms with Crippen molar-refractivity contribution < 1.29 is 9.59 Å². The van der Waals surface area contributed by atoms with Crippen LogP contribution in [0.2, 0.25) is 0 Å². The number of carbonyl (C=O) groups excluding carboxylic acids is 2. The normalized spacial score (nSPS) is 15.2. The van der Waals surface area contributed by atoms with E-state index in [-0.39, 0.29) is 18.4 Å². The summed E-state index contributed by atoms with van der Waals surface area (Å²) in [4.78, 5) is 27.0. The second-order valence-corrected chi connectivity index (χ2v) is 7.40. The Balaban J connectivity index is 1.85. The third kappa shape index (κ3) is 3.04. The Morgan fingerprint density at radius 2 is 1.68 bits per heavy atom. The van der Waals surface area contributed by atoms with Gasteiger partial charge in [-0.05, 0) is 63.4 Å². The van der Waals surface area contributed by atoms with Gasteiger partial charge in [-0.25, -0.2) is 0 Å². The quantitative estimate of drug-likeness (QED) is 0.925. The van der Waals surface area contributed by atoms with Gasteiger partial charge in [0.05, 0.1) is 5.41 Å². The van der Waals surface area contributed by atoms with Crippen LogP contribution in [0.4, 0.5) is 11.4 Å². The molecule has 0 radical (unpaired) electrons. The molecule has 2 amide bonds. The molecule has 1 aliphatic heterocycles. The highest BCUT2D eigenvalue weighted by Crippen LogP contribution is 2.41. The summed E-state index contributed by atoms with van der Waals surface area (Å²) in [5.74, 6) is -0.226. The number of nitrogens with one attached hydrogen (secondary N) is 1. The fraction of sp³-hybridized carbons (Fsp3) is 0.333. The number of carbonyl (C=O) groups is 2. The Kier molecular flexibility index (Phi) is 4.15. The monoisotopic (exact) mass is 336 g/mol. The van der Waals surface area contributed by atoms with Crippen LogP contribution in [0.15, 0.2) is 36.4 Å². The van der Waals surface area contributed by atoms with Crippen LogP contribution < -0.4 is 10.2 Å². The van der Waals surface area contributed by atoms with Gasteiger partial charge >= 0.3 is 0 Å². The molecule has 0 unspecified atom stereocenters. The van der Waals surface area contributed by atoms with Crippen LogP contribution in [0.25, 0.3) is 0 Å². The first-order valence-electron chi connectivity index (χ1n) is 8.50. The van der Waals surface area contributed by atoms with Gasteiger partial charge in [-0.2, -0.15) is 0 Å². The van der Waals surface area contributed by atoms with Gasteiger partial charge in [0.25, 0.3) is 0 Å². The fourth-order valence-corrected chi connectivity index (χ4v) is 3.31. The number of hydrogen-bond donors (Lipinski definition) is 1. The number of aryl methyl sites for hydroxylation is 3. The minimum absolute atomic E-state index is 0.0195. The summed E-state index contributed by atoms with van der Waals surface area (Å²) < 4.78 is 0. The lowest BCUT2D eigenvalue weighted by molar-refractivity contribution is -0.124. The lowest BCUT2D eigenvalue weighted by Crippen LogP contribution is -2.40. The van der Waals surface area contributed by atoms with Crippen molar-refractivity contribution in [1.82, 2.24) is 0 Å². The smallest absolute Gasteiger partial charge is 0.244 e. The van der Waals surface area contributed by atoms with E-state index in [4.69, 9.17) is 0 Å². The highest BCUT2D eigenvalue weighted by molar-refractivity contribution is 6.11. The zero-order chi connectivity index (χ0) is 18.4. The lowest BCUT2D eigenvalue weighted by Gasteiger charge is -2.20. The van der Waals surface area contributed by atoms with E-state index in [1.807, 2.05) is 71.0 Å². The van der Waals surface area contributed by atoms with E-state index in [1.165, 1.54) is 0 Å². The molecule has 0 saturated carbocycles. The second kappa shape index (κ2) is 6.03. The van der Waals surface area contributed by atoms with Gasteiger partial charge in [0.15, 0.2) is 0 Å². The highest BCUT2D eigenvalue weighted by atomic mass is 16.2. The summed E-state index contributed by atoms with van der Waals surface area (Å²) in [6.45, 7) is 9.80. The van der Waals surface area contributed by atoms with E-state index in [0.717, 1.165) is 33.6 Å². The Morgan fingerprint density at radius 3 is 2.40 bits per heavy atom. The van der Waals surface area contributed by atoms with Crippen LogP contribution in [0, 0.1) is 20.8 Å². The molecule has 0 fully saturated rings. The largest absolute Gasteiger partial charge is 0.324 e. The van der Waals surface area contributed by atoms with Gasteiger partial charge in [-0.1, -0.05) is 29.8 Å². The van der Waals surface area contributed by atoms with Gasteiger partial charge in [-0.3, -0.25) is 9.59 Å². The maximum Gasteiger partial charge on any atom is 0.244 e. The van der Waals surface area contributed by atoms with Crippen molar-refractivity contribution in [3.63, 3.8) is 0 Å². The molecule has 4 nitrogen and oxygen atoms in total. The van der Waals surface area contributed by atoms with Crippen molar-refractivity contribution >= 4 is 23.2 Å². The molecule has 0 spiro atoms. The average molecular weight is 336 g/mol. The molecule has 0 atom stereocenters. The van der Waals surface area contributed by atoms with Gasteiger partial charge in [0.2, 0.25) is 11.8 Å². The van der Waals surface area contributed by atoms with Crippen LogP contribution in [-0.4, -0.2) is 18.4 Å². The SMILES string of the molecule is Cc1ccc(C)c(NC(=O)CN2C(=O)C(C)(C)c3cc(C)ccc32)c1. The van der Waals surface area contributed by atoms with Crippen LogP contribution in [0.5, 0.6) is 0 Å². The number of benzene rings is 2. The standard InChI is InChI=1S/C21H24N2O2/c1-13-7-9-18-16(10-13)21(4,5)20(25)23(18)12-19(24)22-17-11-14(2)6-8-15(17)3/h6-11H,12H2,1-5H3,(H,22,24). The van der Waals surface area contributed by atoms with E-state index in [2.05, 4.69) is 5.32 Å². The highest BCUT2D eigenvalue weighted by Gasteiger charge is 2.44. The van der Waals surface area contributed by atoms with Crippen molar-refractivity contribution in [3.05, 3.63) is 58.7 Å². The van der Waals surface area contributed by atoms with E-state index in [9.17, 15) is 9.59 Å². The fourth-order valence-electron chi connectivity index (χ4n) is 3.31. The molecule has 0 bridgehead atoms. The molecule has 0 aromatic heterocycles. The number of amides is 2. The van der Waals surface area contributed by atoms with Crippen LogP contribution in [0.3, 0.4) is 0 Å². The van der Waals surface area contributed by atoms with Crippen molar-refractivity contribution in [3.8, 4) is 0 Å². The summed E-state index contributed by atoms with van der Waals surface area (Å²) >= 11 is 0. The average Bonchev–Trinajstić information content (AvgIpc) is 2.72. The predicted octanol–water partition coefficient (Wildman–Crippen LogP) is 3.87. The molecule has 2 aromatic rings. The minimum atomic E-state index is -0.610. The summed E-state index contributed by atoms with van der Waals surface area (Å²) in [7, 11) is 0.